The van der Waals surface area contributed by atoms with Crippen molar-refractivity contribution >= 4 is 0 Å². The molecule has 1 aliphatic heterocycles. The standard InChI is InChI=1S/C16H25NO/c1-12-5-6-14(9-13(12)2)16(10-18-11-16)8-7-15(3,4)17/h5-6,9H,7-8,10-11,17H2,1-4H3. The lowest BCUT2D eigenvalue weighted by Gasteiger charge is -2.43. The topological polar surface area (TPSA) is 35.2 Å². The van der Waals surface area contributed by atoms with Gasteiger partial charge in [0.2, 0.25) is 0 Å². The van der Waals surface area contributed by atoms with Gasteiger partial charge < -0.3 is 10.5 Å². The number of nitrogens with two attached hydrogens (primary N) is 1. The Morgan fingerprint density at radius 1 is 1.22 bits per heavy atom. The van der Waals surface area contributed by atoms with Crippen LogP contribution in [0.2, 0.25) is 0 Å². The van der Waals surface area contributed by atoms with Gasteiger partial charge in [-0.3, -0.25) is 0 Å². The summed E-state index contributed by atoms with van der Waals surface area (Å²) in [5.41, 5.74) is 10.4. The number of ether oxygens (including phenoxy) is 1. The van der Waals surface area contributed by atoms with E-state index in [0.717, 1.165) is 26.1 Å². The largest absolute Gasteiger partial charge is 0.379 e. The summed E-state index contributed by atoms with van der Waals surface area (Å²) in [5, 5.41) is 0. The fourth-order valence-corrected chi connectivity index (χ4v) is 2.44. The van der Waals surface area contributed by atoms with Crippen LogP contribution in [0.5, 0.6) is 0 Å². The predicted molar refractivity (Wildman–Crippen MR) is 75.9 cm³/mol. The molecule has 100 valence electrons. The third-order valence-electron chi connectivity index (χ3n) is 4.12. The number of hydrogen-bond acceptors (Lipinski definition) is 2. The van der Waals surface area contributed by atoms with E-state index in [4.69, 9.17) is 10.5 Å². The summed E-state index contributed by atoms with van der Waals surface area (Å²) in [4.78, 5) is 0. The molecule has 2 rings (SSSR count). The molecule has 0 saturated carbocycles. The molecule has 0 aromatic heterocycles. The number of rotatable bonds is 4. The number of aryl methyl sites for hydroxylation is 2. The Bertz CT molecular complexity index is 427. The highest BCUT2D eigenvalue weighted by atomic mass is 16.5. The average molecular weight is 247 g/mol. The number of hydrogen-bond donors (Lipinski definition) is 1. The van der Waals surface area contributed by atoms with Crippen LogP contribution in [0.25, 0.3) is 0 Å². The Hall–Kier alpha value is -0.860. The molecule has 1 saturated heterocycles. The van der Waals surface area contributed by atoms with Gasteiger partial charge in [0.25, 0.3) is 0 Å². The van der Waals surface area contributed by atoms with Crippen LogP contribution in [0.15, 0.2) is 18.2 Å². The van der Waals surface area contributed by atoms with Crippen molar-refractivity contribution in [1.82, 2.24) is 0 Å². The Morgan fingerprint density at radius 3 is 2.33 bits per heavy atom. The second-order valence-electron chi connectivity index (χ2n) is 6.56. The van der Waals surface area contributed by atoms with Crippen LogP contribution in [0.4, 0.5) is 0 Å². The van der Waals surface area contributed by atoms with Gasteiger partial charge >= 0.3 is 0 Å². The van der Waals surface area contributed by atoms with E-state index in [-0.39, 0.29) is 11.0 Å². The molecule has 2 heteroatoms. The van der Waals surface area contributed by atoms with Gasteiger partial charge in [-0.25, -0.2) is 0 Å². The first kappa shape index (κ1) is 13.6. The van der Waals surface area contributed by atoms with Crippen LogP contribution < -0.4 is 5.73 Å². The molecule has 2 N–H and O–H groups in total. The first-order chi connectivity index (χ1) is 8.32. The Balaban J connectivity index is 2.19. The van der Waals surface area contributed by atoms with Crippen molar-refractivity contribution < 1.29 is 4.74 Å². The monoisotopic (exact) mass is 247 g/mol. The van der Waals surface area contributed by atoms with E-state index < -0.39 is 0 Å². The van der Waals surface area contributed by atoms with E-state index in [1.807, 2.05) is 0 Å². The molecular weight excluding hydrogens is 222 g/mol. The van der Waals surface area contributed by atoms with E-state index in [1.54, 1.807) is 0 Å². The van der Waals surface area contributed by atoms with Gasteiger partial charge in [0.05, 0.1) is 13.2 Å². The zero-order chi connectivity index (χ0) is 13.4. The molecule has 0 aliphatic carbocycles. The Kier molecular flexibility index (Phi) is 3.52. The zero-order valence-corrected chi connectivity index (χ0v) is 12.0. The molecule has 0 radical (unpaired) electrons. The van der Waals surface area contributed by atoms with Crippen molar-refractivity contribution in [3.8, 4) is 0 Å². The molecule has 1 aromatic carbocycles. The van der Waals surface area contributed by atoms with Crippen LogP contribution in [0.1, 0.15) is 43.4 Å². The van der Waals surface area contributed by atoms with Crippen LogP contribution >= 0.6 is 0 Å². The summed E-state index contributed by atoms with van der Waals surface area (Å²) < 4.78 is 5.49. The normalized spacial score (nSPS) is 18.5. The third-order valence-corrected chi connectivity index (χ3v) is 4.12. The molecule has 0 unspecified atom stereocenters. The molecule has 0 bridgehead atoms. The van der Waals surface area contributed by atoms with Crippen molar-refractivity contribution in [2.24, 2.45) is 5.73 Å². The predicted octanol–water partition coefficient (Wildman–Crippen LogP) is 3.09. The van der Waals surface area contributed by atoms with Gasteiger partial charge in [0.15, 0.2) is 0 Å². The molecule has 1 heterocycles. The minimum Gasteiger partial charge on any atom is -0.379 e. The first-order valence-corrected chi connectivity index (χ1v) is 6.77. The second-order valence-corrected chi connectivity index (χ2v) is 6.56. The van der Waals surface area contributed by atoms with Gasteiger partial charge in [0, 0.05) is 11.0 Å². The van der Waals surface area contributed by atoms with Crippen LogP contribution in [-0.2, 0) is 10.2 Å². The third kappa shape index (κ3) is 2.76. The molecule has 2 nitrogen and oxygen atoms in total. The Labute approximate surface area is 111 Å². The average Bonchev–Trinajstić information content (AvgIpc) is 2.20. The van der Waals surface area contributed by atoms with E-state index in [9.17, 15) is 0 Å². The highest BCUT2D eigenvalue weighted by Crippen LogP contribution is 2.38. The summed E-state index contributed by atoms with van der Waals surface area (Å²) >= 11 is 0. The summed E-state index contributed by atoms with van der Waals surface area (Å²) in [6.07, 6.45) is 2.14. The second kappa shape index (κ2) is 4.67. The maximum atomic E-state index is 6.11. The highest BCUT2D eigenvalue weighted by Gasteiger charge is 2.40. The van der Waals surface area contributed by atoms with Crippen molar-refractivity contribution in [3.63, 3.8) is 0 Å². The maximum Gasteiger partial charge on any atom is 0.0585 e. The molecule has 0 spiro atoms. The van der Waals surface area contributed by atoms with Crippen LogP contribution in [0, 0.1) is 13.8 Å². The van der Waals surface area contributed by atoms with Gasteiger partial charge in [-0.05, 0) is 57.2 Å². The lowest BCUT2D eigenvalue weighted by molar-refractivity contribution is -0.0669. The van der Waals surface area contributed by atoms with E-state index in [1.165, 1.54) is 16.7 Å². The van der Waals surface area contributed by atoms with Crippen LogP contribution in [-0.4, -0.2) is 18.8 Å². The van der Waals surface area contributed by atoms with Crippen molar-refractivity contribution in [2.75, 3.05) is 13.2 Å². The SMILES string of the molecule is Cc1ccc(C2(CCC(C)(C)N)COC2)cc1C. The smallest absolute Gasteiger partial charge is 0.0585 e. The van der Waals surface area contributed by atoms with Crippen molar-refractivity contribution in [3.05, 3.63) is 34.9 Å². The summed E-state index contributed by atoms with van der Waals surface area (Å²) in [6.45, 7) is 10.2. The number of benzene rings is 1. The molecule has 1 fully saturated rings. The fraction of sp³-hybridized carbons (Fsp3) is 0.625. The highest BCUT2D eigenvalue weighted by molar-refractivity contribution is 5.36. The molecule has 1 aliphatic rings. The quantitative estimate of drug-likeness (QED) is 0.887. The molecule has 18 heavy (non-hydrogen) atoms. The van der Waals surface area contributed by atoms with Gasteiger partial charge in [-0.15, -0.1) is 0 Å². The fourth-order valence-electron chi connectivity index (χ4n) is 2.44. The lowest BCUT2D eigenvalue weighted by atomic mass is 9.72. The molecular formula is C16H25NO. The summed E-state index contributed by atoms with van der Waals surface area (Å²) in [5.74, 6) is 0. The summed E-state index contributed by atoms with van der Waals surface area (Å²) in [6, 6.07) is 6.80. The van der Waals surface area contributed by atoms with E-state index in [2.05, 4.69) is 45.9 Å². The van der Waals surface area contributed by atoms with Crippen LogP contribution in [0.3, 0.4) is 0 Å². The molecule has 0 amide bonds. The molecule has 1 aromatic rings. The maximum absolute atomic E-state index is 6.11. The lowest BCUT2D eigenvalue weighted by Crippen LogP contribution is -2.48. The molecule has 0 atom stereocenters. The van der Waals surface area contributed by atoms with Gasteiger partial charge in [-0.1, -0.05) is 18.2 Å². The Morgan fingerprint density at radius 2 is 1.89 bits per heavy atom. The first-order valence-electron chi connectivity index (χ1n) is 6.77. The van der Waals surface area contributed by atoms with E-state index in [0.29, 0.717) is 0 Å². The summed E-state index contributed by atoms with van der Waals surface area (Å²) in [7, 11) is 0. The zero-order valence-electron chi connectivity index (χ0n) is 12.0. The van der Waals surface area contributed by atoms with Crippen molar-refractivity contribution in [2.45, 2.75) is 51.5 Å². The van der Waals surface area contributed by atoms with Gasteiger partial charge in [-0.2, -0.15) is 0 Å². The minimum atomic E-state index is -0.0949. The van der Waals surface area contributed by atoms with E-state index >= 15 is 0 Å². The van der Waals surface area contributed by atoms with Gasteiger partial charge in [0.1, 0.15) is 0 Å². The minimum absolute atomic E-state index is 0.0949. The van der Waals surface area contributed by atoms with Crippen molar-refractivity contribution in [1.29, 1.82) is 0 Å².